The molecule has 6 aliphatic carbocycles. The van der Waals surface area contributed by atoms with Gasteiger partial charge in [0.15, 0.2) is 0 Å². The number of benzene rings is 9. The zero-order valence-electron chi connectivity index (χ0n) is 37.0. The Balaban J connectivity index is 1.02. The second-order valence-corrected chi connectivity index (χ2v) is 20.1. The summed E-state index contributed by atoms with van der Waals surface area (Å²) in [6, 6.07) is 74.5. The van der Waals surface area contributed by atoms with Gasteiger partial charge >= 0.3 is 0 Å². The Hall–Kier alpha value is -6.70. The molecule has 0 aliphatic heterocycles. The van der Waals surface area contributed by atoms with E-state index in [4.69, 9.17) is 0 Å². The van der Waals surface area contributed by atoms with Gasteiger partial charge in [-0.05, 0) is 152 Å². The third kappa shape index (κ3) is 5.45. The Labute approximate surface area is 383 Å². The van der Waals surface area contributed by atoms with Gasteiger partial charge in [0.2, 0.25) is 0 Å². The molecule has 4 unspecified atom stereocenters. The highest BCUT2D eigenvalue weighted by Gasteiger charge is 2.70. The van der Waals surface area contributed by atoms with E-state index >= 15 is 0 Å². The average Bonchev–Trinajstić information content (AvgIpc) is 4.19. The number of anilines is 3. The second-order valence-electron chi connectivity index (χ2n) is 20.1. The molecule has 4 bridgehead atoms. The predicted octanol–water partition coefficient (Wildman–Crippen LogP) is 17.5. The van der Waals surface area contributed by atoms with Crippen LogP contribution in [-0.2, 0) is 5.41 Å². The molecule has 15 rings (SSSR count). The number of nitrogens with zero attached hydrogens (tertiary/aromatic N) is 1. The molecule has 1 nitrogen and oxygen atoms in total. The molecule has 0 amide bonds. The van der Waals surface area contributed by atoms with Crippen molar-refractivity contribution in [3.05, 3.63) is 211 Å². The summed E-state index contributed by atoms with van der Waals surface area (Å²) in [5.74, 6) is 3.82. The first-order valence-electron chi connectivity index (χ1n) is 24.6. The molecular weight excluding hydrogens is 783 g/mol. The molecular formula is C64H53N. The third-order valence-corrected chi connectivity index (χ3v) is 17.3. The summed E-state index contributed by atoms with van der Waals surface area (Å²) >= 11 is 0. The van der Waals surface area contributed by atoms with Crippen LogP contribution in [0.5, 0.6) is 0 Å². The first-order chi connectivity index (χ1) is 32.3. The maximum Gasteiger partial charge on any atom is 0.0540 e. The van der Waals surface area contributed by atoms with Crippen molar-refractivity contribution < 1.29 is 0 Å². The largest absolute Gasteiger partial charge is 0.309 e. The van der Waals surface area contributed by atoms with E-state index in [-0.39, 0.29) is 5.41 Å². The smallest absolute Gasteiger partial charge is 0.0540 e. The van der Waals surface area contributed by atoms with Crippen LogP contribution in [0.1, 0.15) is 74.0 Å². The highest BCUT2D eigenvalue weighted by molar-refractivity contribution is 6.07. The maximum atomic E-state index is 2.66. The van der Waals surface area contributed by atoms with Crippen LogP contribution in [0.15, 0.2) is 194 Å². The summed E-state index contributed by atoms with van der Waals surface area (Å²) in [6.07, 6.45) is 10.8. The summed E-state index contributed by atoms with van der Waals surface area (Å²) in [5, 5.41) is 5.26. The molecule has 314 valence electrons. The van der Waals surface area contributed by atoms with Crippen molar-refractivity contribution in [1.82, 2.24) is 0 Å². The maximum absolute atomic E-state index is 2.66. The minimum absolute atomic E-state index is 0.141. The van der Waals surface area contributed by atoms with Crippen molar-refractivity contribution >= 4 is 38.6 Å². The van der Waals surface area contributed by atoms with E-state index in [9.17, 15) is 0 Å². The van der Waals surface area contributed by atoms with Gasteiger partial charge in [-0.15, -0.1) is 0 Å². The lowest BCUT2D eigenvalue weighted by atomic mass is 9.66. The Morgan fingerprint density at radius 1 is 0.385 bits per heavy atom. The Kier molecular flexibility index (Phi) is 8.49. The zero-order valence-corrected chi connectivity index (χ0v) is 37.0. The van der Waals surface area contributed by atoms with E-state index in [1.54, 1.807) is 11.1 Å². The van der Waals surface area contributed by atoms with E-state index in [1.165, 1.54) is 140 Å². The van der Waals surface area contributed by atoms with Crippen molar-refractivity contribution in [3.63, 3.8) is 0 Å². The first kappa shape index (κ1) is 37.7. The van der Waals surface area contributed by atoms with Crippen molar-refractivity contribution in [2.24, 2.45) is 23.7 Å². The fourth-order valence-electron chi connectivity index (χ4n) is 14.9. The summed E-state index contributed by atoms with van der Waals surface area (Å²) in [4.78, 5) is 2.62. The Morgan fingerprint density at radius 2 is 0.923 bits per heavy atom. The molecule has 9 aromatic rings. The van der Waals surface area contributed by atoms with Gasteiger partial charge in [-0.3, -0.25) is 0 Å². The topological polar surface area (TPSA) is 3.24 Å². The predicted molar refractivity (Wildman–Crippen MR) is 272 cm³/mol. The van der Waals surface area contributed by atoms with Crippen molar-refractivity contribution in [3.8, 4) is 44.5 Å². The fraction of sp³-hybridized carbons (Fsp3) is 0.219. The summed E-state index contributed by atoms with van der Waals surface area (Å²) in [7, 11) is 0. The van der Waals surface area contributed by atoms with Gasteiger partial charge in [-0.25, -0.2) is 0 Å². The minimum Gasteiger partial charge on any atom is -0.309 e. The minimum atomic E-state index is 0.141. The van der Waals surface area contributed by atoms with Crippen molar-refractivity contribution in [2.75, 3.05) is 4.90 Å². The fourth-order valence-corrected chi connectivity index (χ4v) is 14.9. The number of fused-ring (bicyclic) bond motifs is 5. The van der Waals surface area contributed by atoms with Crippen molar-refractivity contribution in [1.29, 1.82) is 0 Å². The lowest BCUT2D eigenvalue weighted by Gasteiger charge is -2.37. The quantitative estimate of drug-likeness (QED) is 0.155. The summed E-state index contributed by atoms with van der Waals surface area (Å²) in [6.45, 7) is 0. The monoisotopic (exact) mass is 835 g/mol. The third-order valence-electron chi connectivity index (χ3n) is 17.3. The van der Waals surface area contributed by atoms with Crippen LogP contribution in [0.2, 0.25) is 0 Å². The van der Waals surface area contributed by atoms with Gasteiger partial charge in [0.1, 0.15) is 0 Å². The SMILES string of the molecule is c1ccc(N(c2ccccc2-c2cccc3ccccc23)c2ccccc2-c2cccc3cccc(C4CCCCC4)c23)c(-c2ccc3c(c2)C2(c4ccccc4-3)C3CC4CC3CC42)c1. The Morgan fingerprint density at radius 3 is 1.66 bits per heavy atom. The normalized spacial score (nSPS) is 22.6. The van der Waals surface area contributed by atoms with Crippen LogP contribution in [0.4, 0.5) is 17.1 Å². The number of hydrogen-bond acceptors (Lipinski definition) is 1. The highest BCUT2D eigenvalue weighted by atomic mass is 15.1. The lowest BCUT2D eigenvalue weighted by molar-refractivity contribution is 0.307. The summed E-state index contributed by atoms with van der Waals surface area (Å²) in [5.41, 5.74) is 19.0. The molecule has 0 aromatic heterocycles. The molecule has 0 N–H and O–H groups in total. The van der Waals surface area contributed by atoms with Crippen LogP contribution < -0.4 is 4.90 Å². The van der Waals surface area contributed by atoms with E-state index in [2.05, 4.69) is 199 Å². The van der Waals surface area contributed by atoms with Crippen LogP contribution in [-0.4, -0.2) is 0 Å². The van der Waals surface area contributed by atoms with Crippen LogP contribution >= 0.6 is 0 Å². The molecule has 0 saturated heterocycles. The van der Waals surface area contributed by atoms with Crippen LogP contribution in [0.3, 0.4) is 0 Å². The number of para-hydroxylation sites is 3. The zero-order chi connectivity index (χ0) is 42.6. The molecule has 1 spiro atoms. The van der Waals surface area contributed by atoms with Crippen LogP contribution in [0, 0.1) is 23.7 Å². The van der Waals surface area contributed by atoms with Gasteiger partial charge in [0.25, 0.3) is 0 Å². The van der Waals surface area contributed by atoms with E-state index in [0.717, 1.165) is 23.7 Å². The highest BCUT2D eigenvalue weighted by Crippen LogP contribution is 2.77. The second kappa shape index (κ2) is 14.7. The molecule has 5 fully saturated rings. The van der Waals surface area contributed by atoms with Crippen molar-refractivity contribution in [2.45, 2.75) is 62.7 Å². The van der Waals surface area contributed by atoms with Gasteiger partial charge in [-0.2, -0.15) is 0 Å². The van der Waals surface area contributed by atoms with E-state index < -0.39 is 0 Å². The van der Waals surface area contributed by atoms with Crippen LogP contribution in [0.25, 0.3) is 66.1 Å². The van der Waals surface area contributed by atoms with E-state index in [1.807, 2.05) is 0 Å². The summed E-state index contributed by atoms with van der Waals surface area (Å²) < 4.78 is 0. The molecule has 0 heterocycles. The molecule has 9 aromatic carbocycles. The van der Waals surface area contributed by atoms with E-state index in [0.29, 0.717) is 5.92 Å². The molecule has 0 radical (unpaired) electrons. The number of hydrogen-bond donors (Lipinski definition) is 0. The van der Waals surface area contributed by atoms with Gasteiger partial charge in [0, 0.05) is 22.1 Å². The van der Waals surface area contributed by atoms with Gasteiger partial charge in [-0.1, -0.05) is 189 Å². The molecule has 5 saturated carbocycles. The average molecular weight is 836 g/mol. The van der Waals surface area contributed by atoms with Gasteiger partial charge < -0.3 is 4.90 Å². The lowest BCUT2D eigenvalue weighted by Crippen LogP contribution is -2.34. The van der Waals surface area contributed by atoms with Gasteiger partial charge in [0.05, 0.1) is 17.1 Å². The molecule has 1 heteroatoms. The standard InChI is InChI=1S/C64H53N/c1-2-17-42(18-3-1)49-28-15-21-43-22-16-30-55(63(43)49)54-27-9-13-34-62(54)65(61-33-12-8-26-53(61)50-29-14-20-41-19-4-5-23-47(41)50)60-32-11-7-24-48(60)44-35-36-52-51-25-6-10-31-56(51)64(59(52)38-44)57-39-45-37-46(57)40-58(45)64/h4-16,19-36,38,42,45-46,57-58H,1-3,17-18,37,39-40H2. The molecule has 6 aliphatic rings. The molecule has 4 atom stereocenters. The number of rotatable bonds is 7. The first-order valence-corrected chi connectivity index (χ1v) is 24.6. The Bertz CT molecular complexity index is 3320. The molecule has 65 heavy (non-hydrogen) atoms.